The molecule has 24 heavy (non-hydrogen) atoms. The molecule has 7 heteroatoms. The number of nitrogens with one attached hydrogen (secondary N) is 1. The second kappa shape index (κ2) is 7.49. The molecule has 1 aromatic carbocycles. The van der Waals surface area contributed by atoms with Gasteiger partial charge in [0.05, 0.1) is 18.6 Å². The Labute approximate surface area is 145 Å². The molecule has 128 valence electrons. The quantitative estimate of drug-likeness (QED) is 0.845. The number of amides is 2. The summed E-state index contributed by atoms with van der Waals surface area (Å²) in [7, 11) is 1.25. The van der Waals surface area contributed by atoms with E-state index < -0.39 is 11.9 Å². The fraction of sp³-hybridized carbons (Fsp3) is 0.353. The van der Waals surface area contributed by atoms with Crippen LogP contribution >= 0.6 is 11.6 Å². The molecule has 1 atom stereocenters. The van der Waals surface area contributed by atoms with E-state index in [-0.39, 0.29) is 23.8 Å². The average molecular weight is 351 g/mol. The molecule has 2 amide bonds. The number of rotatable bonds is 4. The number of carbonyl (C=O) groups excluding carboxylic acids is 3. The van der Waals surface area contributed by atoms with Crippen molar-refractivity contribution >= 4 is 35.1 Å². The van der Waals surface area contributed by atoms with E-state index in [1.165, 1.54) is 12.0 Å². The number of ether oxygens (including phenoxy) is 1. The molecule has 0 aromatic heterocycles. The first-order valence-electron chi connectivity index (χ1n) is 7.56. The molecule has 1 aliphatic heterocycles. The Kier molecular flexibility index (Phi) is 5.62. The highest BCUT2D eigenvalue weighted by Gasteiger charge is 2.40. The Morgan fingerprint density at radius 3 is 2.50 bits per heavy atom. The van der Waals surface area contributed by atoms with Crippen LogP contribution in [0.3, 0.4) is 0 Å². The number of methoxy groups -OCH3 is 1. The number of allylic oxidation sites excluding steroid dienone is 1. The van der Waals surface area contributed by atoms with Crippen molar-refractivity contribution < 1.29 is 19.1 Å². The number of hydrogen-bond donors (Lipinski definition) is 1. The predicted molar refractivity (Wildman–Crippen MR) is 90.4 cm³/mol. The van der Waals surface area contributed by atoms with Gasteiger partial charge in [0.15, 0.2) is 0 Å². The van der Waals surface area contributed by atoms with Crippen LogP contribution in [0, 0.1) is 5.92 Å². The van der Waals surface area contributed by atoms with Gasteiger partial charge in [-0.1, -0.05) is 11.6 Å². The zero-order chi connectivity index (χ0) is 17.9. The Hall–Kier alpha value is -2.34. The molecule has 6 nitrogen and oxygen atoms in total. The minimum absolute atomic E-state index is 0.101. The second-order valence-corrected chi connectivity index (χ2v) is 5.78. The highest BCUT2D eigenvalue weighted by molar-refractivity contribution is 6.30. The van der Waals surface area contributed by atoms with Crippen molar-refractivity contribution in [2.75, 3.05) is 18.6 Å². The van der Waals surface area contributed by atoms with Crippen LogP contribution in [0.15, 0.2) is 35.5 Å². The fourth-order valence-electron chi connectivity index (χ4n) is 2.78. The third-order valence-corrected chi connectivity index (χ3v) is 4.11. The summed E-state index contributed by atoms with van der Waals surface area (Å²) in [6.45, 7) is 3.82. The van der Waals surface area contributed by atoms with E-state index in [1.54, 1.807) is 38.1 Å². The van der Waals surface area contributed by atoms with Crippen molar-refractivity contribution in [3.8, 4) is 0 Å². The summed E-state index contributed by atoms with van der Waals surface area (Å²) >= 11 is 5.88. The molecule has 0 radical (unpaired) electrons. The molecule has 0 saturated carbocycles. The molecule has 0 aliphatic carbocycles. The van der Waals surface area contributed by atoms with Crippen LogP contribution in [-0.2, 0) is 19.1 Å². The van der Waals surface area contributed by atoms with E-state index >= 15 is 0 Å². The van der Waals surface area contributed by atoms with E-state index in [1.807, 2.05) is 0 Å². The lowest BCUT2D eigenvalue weighted by Gasteiger charge is -2.33. The fourth-order valence-corrected chi connectivity index (χ4v) is 2.90. The Morgan fingerprint density at radius 1 is 1.33 bits per heavy atom. The maximum Gasteiger partial charge on any atom is 0.336 e. The van der Waals surface area contributed by atoms with Crippen LogP contribution in [0.25, 0.3) is 0 Å². The molecule has 1 N–H and O–H groups in total. The summed E-state index contributed by atoms with van der Waals surface area (Å²) < 4.78 is 4.82. The Morgan fingerprint density at radius 2 is 1.96 bits per heavy atom. The number of esters is 1. The Balaban J connectivity index is 2.52. The van der Waals surface area contributed by atoms with E-state index in [9.17, 15) is 14.4 Å². The molecule has 0 unspecified atom stereocenters. The standard InChI is InChI=1S/C17H19ClN2O4/c1-4-19-16(22)13-9-14(21)20(10(2)15(13)17(23)24-3)12-7-5-11(18)6-8-12/h5-8,13H,4,9H2,1-3H3,(H,19,22)/t13-/m1/s1. The highest BCUT2D eigenvalue weighted by atomic mass is 35.5. The lowest BCUT2D eigenvalue weighted by atomic mass is 9.88. The van der Waals surface area contributed by atoms with Crippen LogP contribution in [0.1, 0.15) is 20.3 Å². The number of hydrogen-bond acceptors (Lipinski definition) is 4. The number of halogens is 1. The molecule has 0 saturated heterocycles. The summed E-state index contributed by atoms with van der Waals surface area (Å²) in [5.74, 6) is -2.09. The van der Waals surface area contributed by atoms with E-state index in [4.69, 9.17) is 16.3 Å². The minimum atomic E-state index is -0.853. The van der Waals surface area contributed by atoms with Gasteiger partial charge in [0.1, 0.15) is 0 Å². The van der Waals surface area contributed by atoms with Crippen LogP contribution in [0.2, 0.25) is 5.02 Å². The van der Waals surface area contributed by atoms with Crippen molar-refractivity contribution in [2.24, 2.45) is 5.92 Å². The lowest BCUT2D eigenvalue weighted by Crippen LogP contribution is -2.44. The van der Waals surface area contributed by atoms with Gasteiger partial charge >= 0.3 is 5.97 Å². The van der Waals surface area contributed by atoms with Crippen molar-refractivity contribution in [3.63, 3.8) is 0 Å². The molecule has 0 bridgehead atoms. The smallest absolute Gasteiger partial charge is 0.336 e. The number of benzene rings is 1. The summed E-state index contributed by atoms with van der Waals surface area (Å²) in [5, 5.41) is 3.20. The predicted octanol–water partition coefficient (Wildman–Crippen LogP) is 2.28. The summed E-state index contributed by atoms with van der Waals surface area (Å²) in [5.41, 5.74) is 1.16. The van der Waals surface area contributed by atoms with Gasteiger partial charge in [-0.3, -0.25) is 14.5 Å². The first kappa shape index (κ1) is 18.0. The van der Waals surface area contributed by atoms with Crippen molar-refractivity contribution in [1.29, 1.82) is 0 Å². The molecule has 1 aliphatic rings. The molecule has 0 spiro atoms. The van der Waals surface area contributed by atoms with Crippen molar-refractivity contribution in [1.82, 2.24) is 5.32 Å². The van der Waals surface area contributed by atoms with Crippen molar-refractivity contribution in [3.05, 3.63) is 40.6 Å². The molecular formula is C17H19ClN2O4. The van der Waals surface area contributed by atoms with Gasteiger partial charge in [-0.15, -0.1) is 0 Å². The van der Waals surface area contributed by atoms with Crippen LogP contribution in [-0.4, -0.2) is 31.4 Å². The van der Waals surface area contributed by atoms with Gasteiger partial charge in [0.2, 0.25) is 11.8 Å². The number of nitrogens with zero attached hydrogens (tertiary/aromatic N) is 1. The zero-order valence-corrected chi connectivity index (χ0v) is 14.5. The molecular weight excluding hydrogens is 332 g/mol. The van der Waals surface area contributed by atoms with Gasteiger partial charge < -0.3 is 10.1 Å². The SMILES string of the molecule is CCNC(=O)[C@@H]1CC(=O)N(c2ccc(Cl)cc2)C(C)=C1C(=O)OC. The number of carbonyl (C=O) groups is 3. The van der Waals surface area contributed by atoms with Crippen LogP contribution in [0.4, 0.5) is 5.69 Å². The van der Waals surface area contributed by atoms with Gasteiger partial charge in [-0.25, -0.2) is 4.79 Å². The third-order valence-electron chi connectivity index (χ3n) is 3.86. The summed E-state index contributed by atoms with van der Waals surface area (Å²) in [6, 6.07) is 6.69. The molecule has 0 fully saturated rings. The maximum absolute atomic E-state index is 12.6. The van der Waals surface area contributed by atoms with Gasteiger partial charge in [0, 0.05) is 29.4 Å². The van der Waals surface area contributed by atoms with Crippen LogP contribution in [0.5, 0.6) is 0 Å². The first-order valence-corrected chi connectivity index (χ1v) is 7.93. The van der Waals surface area contributed by atoms with E-state index in [0.717, 1.165) is 0 Å². The largest absolute Gasteiger partial charge is 0.466 e. The van der Waals surface area contributed by atoms with E-state index in [0.29, 0.717) is 23.0 Å². The third kappa shape index (κ3) is 3.43. The first-order chi connectivity index (χ1) is 11.4. The molecule has 1 aromatic rings. The van der Waals surface area contributed by atoms with Crippen molar-refractivity contribution in [2.45, 2.75) is 20.3 Å². The lowest BCUT2D eigenvalue weighted by molar-refractivity contribution is -0.139. The Bertz CT molecular complexity index is 697. The van der Waals surface area contributed by atoms with Gasteiger partial charge in [-0.2, -0.15) is 0 Å². The topological polar surface area (TPSA) is 75.7 Å². The molecule has 2 rings (SSSR count). The minimum Gasteiger partial charge on any atom is -0.466 e. The zero-order valence-electron chi connectivity index (χ0n) is 13.8. The highest BCUT2D eigenvalue weighted by Crippen LogP contribution is 2.33. The second-order valence-electron chi connectivity index (χ2n) is 5.35. The van der Waals surface area contributed by atoms with Gasteiger partial charge in [0.25, 0.3) is 0 Å². The van der Waals surface area contributed by atoms with E-state index in [2.05, 4.69) is 5.32 Å². The molecule has 1 heterocycles. The van der Waals surface area contributed by atoms with Crippen LogP contribution < -0.4 is 10.2 Å². The monoisotopic (exact) mass is 350 g/mol. The maximum atomic E-state index is 12.6. The number of anilines is 1. The summed E-state index contributed by atoms with van der Waals surface area (Å²) in [4.78, 5) is 38.5. The average Bonchev–Trinajstić information content (AvgIpc) is 2.55. The summed E-state index contributed by atoms with van der Waals surface area (Å²) in [6.07, 6.45) is -0.101. The normalized spacial score (nSPS) is 17.8. The van der Waals surface area contributed by atoms with Gasteiger partial charge in [-0.05, 0) is 38.1 Å².